The Bertz CT molecular complexity index is 1460. The van der Waals surface area contributed by atoms with Gasteiger partial charge < -0.3 is 9.64 Å². The van der Waals surface area contributed by atoms with Crippen LogP contribution in [0.25, 0.3) is 11.6 Å². The van der Waals surface area contributed by atoms with Crippen LogP contribution in [0.1, 0.15) is 74.5 Å². The molecule has 3 aromatic rings. The summed E-state index contributed by atoms with van der Waals surface area (Å²) in [6.45, 7) is 0.478. The van der Waals surface area contributed by atoms with Gasteiger partial charge in [0.2, 0.25) is 0 Å². The highest BCUT2D eigenvalue weighted by molar-refractivity contribution is 6.32. The largest absolute Gasteiger partial charge is 0.490 e. The molecule has 1 aliphatic heterocycles. The van der Waals surface area contributed by atoms with E-state index in [1.165, 1.54) is 57.1 Å². The molecule has 6 rings (SSSR count). The van der Waals surface area contributed by atoms with Crippen molar-refractivity contribution in [2.24, 2.45) is 11.8 Å². The van der Waals surface area contributed by atoms with E-state index in [0.29, 0.717) is 18.2 Å². The summed E-state index contributed by atoms with van der Waals surface area (Å²) < 4.78 is 6.38. The molecular formula is C36H38N2O4. The van der Waals surface area contributed by atoms with Gasteiger partial charge in [-0.25, -0.2) is 0 Å². The van der Waals surface area contributed by atoms with Crippen molar-refractivity contribution in [2.75, 3.05) is 4.90 Å². The number of nitro benzene ring substituents is 1. The summed E-state index contributed by atoms with van der Waals surface area (Å²) in [6.07, 6.45) is 17.8. The van der Waals surface area contributed by atoms with Gasteiger partial charge in [-0.15, -0.1) is 0 Å². The molecule has 3 aliphatic rings. The van der Waals surface area contributed by atoms with Gasteiger partial charge >= 0.3 is 0 Å². The minimum atomic E-state index is -0.415. The first-order valence-electron chi connectivity index (χ1n) is 15.3. The molecule has 2 saturated carbocycles. The summed E-state index contributed by atoms with van der Waals surface area (Å²) in [6, 6.07) is 22.4. The molecule has 0 bridgehead atoms. The number of non-ortho nitro benzene ring substituents is 1. The molecule has 2 aliphatic carbocycles. The molecule has 0 unspecified atom stereocenters. The van der Waals surface area contributed by atoms with Crippen LogP contribution in [0.5, 0.6) is 5.75 Å². The first-order valence-corrected chi connectivity index (χ1v) is 15.3. The summed E-state index contributed by atoms with van der Waals surface area (Å²) in [7, 11) is 0. The van der Waals surface area contributed by atoms with E-state index in [1.807, 2.05) is 59.5 Å². The van der Waals surface area contributed by atoms with Crippen molar-refractivity contribution in [3.8, 4) is 5.75 Å². The van der Waals surface area contributed by atoms with E-state index >= 15 is 0 Å². The summed E-state index contributed by atoms with van der Waals surface area (Å²) in [5, 5.41) is 10.9. The monoisotopic (exact) mass is 562 g/mol. The lowest BCUT2D eigenvalue weighted by molar-refractivity contribution is -0.384. The number of carbonyl (C=O) groups excluding carboxylic acids is 1. The first kappa shape index (κ1) is 28.0. The van der Waals surface area contributed by atoms with E-state index in [9.17, 15) is 14.9 Å². The van der Waals surface area contributed by atoms with Crippen LogP contribution >= 0.6 is 0 Å². The number of amides is 1. The number of benzene rings is 3. The van der Waals surface area contributed by atoms with E-state index in [-0.39, 0.29) is 11.6 Å². The van der Waals surface area contributed by atoms with Gasteiger partial charge in [-0.05, 0) is 85.1 Å². The Morgan fingerprint density at radius 1 is 0.833 bits per heavy atom. The van der Waals surface area contributed by atoms with Gasteiger partial charge in [0.25, 0.3) is 11.6 Å². The van der Waals surface area contributed by atoms with Crippen LogP contribution in [-0.4, -0.2) is 16.9 Å². The van der Waals surface area contributed by atoms with Gasteiger partial charge in [-0.1, -0.05) is 74.6 Å². The molecule has 1 amide bonds. The second kappa shape index (κ2) is 12.8. The highest BCUT2D eigenvalue weighted by Crippen LogP contribution is 2.40. The van der Waals surface area contributed by atoms with Crippen LogP contribution in [0.15, 0.2) is 84.9 Å². The third kappa shape index (κ3) is 6.33. The zero-order chi connectivity index (χ0) is 28.9. The molecule has 0 atom stereocenters. The zero-order valence-electron chi connectivity index (χ0n) is 24.0. The van der Waals surface area contributed by atoms with E-state index in [1.54, 1.807) is 12.1 Å². The van der Waals surface area contributed by atoms with Gasteiger partial charge in [-0.2, -0.15) is 0 Å². The summed E-state index contributed by atoms with van der Waals surface area (Å²) >= 11 is 0. The zero-order valence-corrected chi connectivity index (χ0v) is 24.0. The van der Waals surface area contributed by atoms with Crippen LogP contribution in [0.2, 0.25) is 0 Å². The number of nitro groups is 1. The second-order valence-corrected chi connectivity index (χ2v) is 11.9. The van der Waals surface area contributed by atoms with Crippen molar-refractivity contribution in [3.63, 3.8) is 0 Å². The maximum absolute atomic E-state index is 13.5. The van der Waals surface area contributed by atoms with Gasteiger partial charge in [-0.3, -0.25) is 14.9 Å². The smallest absolute Gasteiger partial charge is 0.269 e. The molecule has 0 radical (unpaired) electrons. The Morgan fingerprint density at radius 2 is 1.52 bits per heavy atom. The van der Waals surface area contributed by atoms with E-state index in [0.717, 1.165) is 52.8 Å². The minimum Gasteiger partial charge on any atom is -0.490 e. The highest BCUT2D eigenvalue weighted by Gasteiger charge is 2.32. The third-order valence-electron chi connectivity index (χ3n) is 9.22. The number of nitrogens with zero attached hydrogens (tertiary/aromatic N) is 2. The van der Waals surface area contributed by atoms with Crippen molar-refractivity contribution >= 4 is 28.9 Å². The van der Waals surface area contributed by atoms with Crippen LogP contribution < -0.4 is 9.64 Å². The number of rotatable bonds is 8. The Balaban J connectivity index is 1.07. The van der Waals surface area contributed by atoms with Gasteiger partial charge in [0.05, 0.1) is 23.3 Å². The summed E-state index contributed by atoms with van der Waals surface area (Å²) in [5.74, 6) is 2.70. The molecule has 0 spiro atoms. The Morgan fingerprint density at radius 3 is 2.24 bits per heavy atom. The normalized spacial score (nSPS) is 22.0. The summed E-state index contributed by atoms with van der Waals surface area (Å²) in [4.78, 5) is 25.8. The van der Waals surface area contributed by atoms with Crippen molar-refractivity contribution in [2.45, 2.75) is 70.4 Å². The van der Waals surface area contributed by atoms with E-state index in [2.05, 4.69) is 12.1 Å². The molecule has 0 saturated heterocycles. The molecular weight excluding hydrogens is 524 g/mol. The quantitative estimate of drug-likeness (QED) is 0.156. The highest BCUT2D eigenvalue weighted by atomic mass is 16.6. The molecule has 42 heavy (non-hydrogen) atoms. The molecule has 3 aromatic carbocycles. The van der Waals surface area contributed by atoms with Crippen LogP contribution in [0, 0.1) is 22.0 Å². The number of ether oxygens (including phenoxy) is 1. The molecule has 1 heterocycles. The lowest BCUT2D eigenvalue weighted by Gasteiger charge is -2.35. The number of anilines is 1. The molecule has 6 nitrogen and oxygen atoms in total. The molecule has 0 N–H and O–H groups in total. The lowest BCUT2D eigenvalue weighted by atomic mass is 9.73. The predicted octanol–water partition coefficient (Wildman–Crippen LogP) is 8.76. The fraction of sp³-hybridized carbons (Fsp3) is 0.361. The number of para-hydroxylation sites is 1. The van der Waals surface area contributed by atoms with Crippen LogP contribution in [-0.2, 0) is 11.3 Å². The number of hydrogen-bond acceptors (Lipinski definition) is 4. The predicted molar refractivity (Wildman–Crippen MR) is 167 cm³/mol. The number of hydrogen-bond donors (Lipinski definition) is 0. The van der Waals surface area contributed by atoms with E-state index < -0.39 is 4.92 Å². The van der Waals surface area contributed by atoms with Crippen LogP contribution in [0.4, 0.5) is 11.4 Å². The van der Waals surface area contributed by atoms with Crippen molar-refractivity contribution < 1.29 is 14.5 Å². The molecule has 2 fully saturated rings. The van der Waals surface area contributed by atoms with Gasteiger partial charge in [0.15, 0.2) is 0 Å². The van der Waals surface area contributed by atoms with Crippen molar-refractivity contribution in [1.82, 2.24) is 0 Å². The maximum Gasteiger partial charge on any atom is 0.269 e. The maximum atomic E-state index is 13.5. The number of allylic oxidation sites excluding steroid dienone is 2. The van der Waals surface area contributed by atoms with Crippen molar-refractivity contribution in [1.29, 1.82) is 0 Å². The van der Waals surface area contributed by atoms with Gasteiger partial charge in [0, 0.05) is 23.3 Å². The van der Waals surface area contributed by atoms with E-state index in [4.69, 9.17) is 4.74 Å². The molecule has 6 heteroatoms. The average Bonchev–Trinajstić information content (AvgIpc) is 3.29. The van der Waals surface area contributed by atoms with Crippen molar-refractivity contribution in [3.05, 3.63) is 112 Å². The topological polar surface area (TPSA) is 72.7 Å². The second-order valence-electron chi connectivity index (χ2n) is 11.9. The SMILES string of the molecule is O=C1/C(=C/C=C/c2ccc([N+](=O)[O-])cc2)c2ccccc2N1Cc1ccc(OC2CCC(C3CCCCC3)CC2)cc1. The fourth-order valence-electron chi connectivity index (χ4n) is 6.92. The Hall–Kier alpha value is -4.19. The number of carbonyl (C=O) groups is 1. The standard InChI is InChI=1S/C36H38N2O4/c39-36-34(11-6-7-26-13-19-30(20-14-26)38(40)41)33-10-4-5-12-35(33)37(36)25-27-15-21-31(22-16-27)42-32-23-17-29(18-24-32)28-8-2-1-3-9-28/h4-7,10-16,19-22,28-29,32H,1-3,8-9,17-18,23-25H2/b7-6+,34-11+. The summed E-state index contributed by atoms with van der Waals surface area (Å²) in [5.41, 5.74) is 4.36. The molecule has 216 valence electrons. The minimum absolute atomic E-state index is 0.0420. The van der Waals surface area contributed by atoms with Gasteiger partial charge in [0.1, 0.15) is 5.75 Å². The first-order chi connectivity index (χ1) is 20.5. The third-order valence-corrected chi connectivity index (χ3v) is 9.22. The Kier molecular flexibility index (Phi) is 8.50. The number of fused-ring (bicyclic) bond motifs is 1. The lowest BCUT2D eigenvalue weighted by Crippen LogP contribution is -2.28. The van der Waals surface area contributed by atoms with Crippen LogP contribution in [0.3, 0.4) is 0 Å². The molecule has 0 aromatic heterocycles. The average molecular weight is 563 g/mol. The Labute approximate surface area is 247 Å². The fourth-order valence-corrected chi connectivity index (χ4v) is 6.92.